The molecule has 0 spiro atoms. The van der Waals surface area contributed by atoms with Crippen molar-refractivity contribution in [3.63, 3.8) is 0 Å². The van der Waals surface area contributed by atoms with E-state index < -0.39 is 4.87 Å². The molecule has 0 bridgehead atoms. The topological polar surface area (TPSA) is 53.5 Å². The first-order valence-electron chi connectivity index (χ1n) is 7.55. The summed E-state index contributed by atoms with van der Waals surface area (Å²) in [6.45, 7) is 2.55. The molecule has 0 aromatic heterocycles. The van der Waals surface area contributed by atoms with Gasteiger partial charge in [-0.05, 0) is 12.5 Å². The van der Waals surface area contributed by atoms with Gasteiger partial charge in [-0.1, -0.05) is 72.4 Å². The minimum absolute atomic E-state index is 0.0147. The highest BCUT2D eigenvalue weighted by molar-refractivity contribution is 8.15. The summed E-state index contributed by atoms with van der Waals surface area (Å²) in [5.74, 6) is 0.0147. The van der Waals surface area contributed by atoms with Crippen molar-refractivity contribution in [1.82, 2.24) is 10.7 Å². The molecule has 4 nitrogen and oxygen atoms in total. The quantitative estimate of drug-likeness (QED) is 0.888. The fourth-order valence-electron chi connectivity index (χ4n) is 2.37. The van der Waals surface area contributed by atoms with Gasteiger partial charge in [-0.15, -0.1) is 0 Å². The van der Waals surface area contributed by atoms with Crippen LogP contribution in [0.15, 0.2) is 65.8 Å². The van der Waals surface area contributed by atoms with Crippen LogP contribution in [-0.4, -0.2) is 15.8 Å². The molecule has 0 saturated carbocycles. The van der Waals surface area contributed by atoms with Gasteiger partial charge in [0.15, 0.2) is 0 Å². The maximum atomic E-state index is 12.2. The maximum absolute atomic E-state index is 12.2. The van der Waals surface area contributed by atoms with Crippen molar-refractivity contribution in [1.29, 1.82) is 0 Å². The van der Waals surface area contributed by atoms with E-state index in [0.29, 0.717) is 13.0 Å². The number of hydrogen-bond acceptors (Lipinski definition) is 4. The van der Waals surface area contributed by atoms with E-state index >= 15 is 0 Å². The van der Waals surface area contributed by atoms with Crippen molar-refractivity contribution in [2.24, 2.45) is 5.10 Å². The van der Waals surface area contributed by atoms with Crippen LogP contribution in [0.4, 0.5) is 0 Å². The first-order chi connectivity index (χ1) is 11.1. The monoisotopic (exact) mass is 325 g/mol. The Balaban J connectivity index is 1.53. The number of nitrogens with one attached hydrogen (secondary N) is 2. The Morgan fingerprint density at radius 1 is 1.13 bits per heavy atom. The zero-order valence-electron chi connectivity index (χ0n) is 13.0. The molecule has 23 heavy (non-hydrogen) atoms. The minimum atomic E-state index is -0.411. The van der Waals surface area contributed by atoms with E-state index in [4.69, 9.17) is 0 Å². The average molecular weight is 325 g/mol. The molecule has 0 radical (unpaired) electrons. The number of hydrazone groups is 1. The Bertz CT molecular complexity index is 703. The summed E-state index contributed by atoms with van der Waals surface area (Å²) in [7, 11) is 0. The number of benzene rings is 2. The summed E-state index contributed by atoms with van der Waals surface area (Å²) in [6.07, 6.45) is 0.365. The second-order valence-corrected chi connectivity index (χ2v) is 7.16. The smallest absolute Gasteiger partial charge is 0.223 e. The number of nitrogens with zero attached hydrogens (tertiary/aromatic N) is 1. The third-order valence-corrected chi connectivity index (χ3v) is 4.77. The van der Waals surface area contributed by atoms with Crippen LogP contribution in [0.2, 0.25) is 0 Å². The number of thioether (sulfide) groups is 1. The van der Waals surface area contributed by atoms with Crippen molar-refractivity contribution in [2.45, 2.75) is 24.8 Å². The van der Waals surface area contributed by atoms with E-state index in [1.165, 1.54) is 0 Å². The standard InChI is InChI=1S/C18H19N3OS/c1-18(12-16(22)19-13-14-8-4-2-5-9-14)21-20-17(23-18)15-10-6-3-7-11-15/h2-11,21H,12-13H2,1H3,(H,19,22). The van der Waals surface area contributed by atoms with Gasteiger partial charge in [0.1, 0.15) is 9.91 Å². The number of rotatable bonds is 5. The molecule has 1 heterocycles. The second kappa shape index (κ2) is 6.87. The van der Waals surface area contributed by atoms with E-state index in [0.717, 1.165) is 16.2 Å². The van der Waals surface area contributed by atoms with Crippen LogP contribution in [-0.2, 0) is 11.3 Å². The molecule has 2 N–H and O–H groups in total. The van der Waals surface area contributed by atoms with Gasteiger partial charge < -0.3 is 5.32 Å². The van der Waals surface area contributed by atoms with Gasteiger partial charge in [0, 0.05) is 12.1 Å². The van der Waals surface area contributed by atoms with Crippen molar-refractivity contribution < 1.29 is 4.79 Å². The van der Waals surface area contributed by atoms with E-state index in [-0.39, 0.29) is 5.91 Å². The highest BCUT2D eigenvalue weighted by atomic mass is 32.2. The molecular formula is C18H19N3OS. The van der Waals surface area contributed by atoms with Crippen LogP contribution in [0.25, 0.3) is 0 Å². The molecule has 2 aromatic rings. The van der Waals surface area contributed by atoms with Crippen molar-refractivity contribution in [3.05, 3.63) is 71.8 Å². The summed E-state index contributed by atoms with van der Waals surface area (Å²) in [4.78, 5) is 11.8. The molecule has 1 unspecified atom stereocenters. The lowest BCUT2D eigenvalue weighted by molar-refractivity contribution is -0.121. The predicted molar refractivity (Wildman–Crippen MR) is 95.0 cm³/mol. The molecule has 1 aliphatic heterocycles. The summed E-state index contributed by atoms with van der Waals surface area (Å²) in [5.41, 5.74) is 5.27. The summed E-state index contributed by atoms with van der Waals surface area (Å²) >= 11 is 1.59. The molecule has 1 amide bonds. The Morgan fingerprint density at radius 2 is 1.78 bits per heavy atom. The minimum Gasteiger partial charge on any atom is -0.352 e. The van der Waals surface area contributed by atoms with Crippen molar-refractivity contribution >= 4 is 22.7 Å². The van der Waals surface area contributed by atoms with Gasteiger partial charge in [-0.3, -0.25) is 10.2 Å². The molecule has 0 fully saturated rings. The van der Waals surface area contributed by atoms with Crippen LogP contribution >= 0.6 is 11.8 Å². The van der Waals surface area contributed by atoms with E-state index in [1.54, 1.807) is 11.8 Å². The van der Waals surface area contributed by atoms with Crippen LogP contribution in [0, 0.1) is 0 Å². The number of hydrogen-bond donors (Lipinski definition) is 2. The Kier molecular flexibility index (Phi) is 4.67. The third kappa shape index (κ3) is 4.13. The first-order valence-corrected chi connectivity index (χ1v) is 8.36. The summed E-state index contributed by atoms with van der Waals surface area (Å²) in [5, 5.41) is 8.26. The molecule has 2 aromatic carbocycles. The summed E-state index contributed by atoms with van der Waals surface area (Å²) < 4.78 is 0. The van der Waals surface area contributed by atoms with Crippen LogP contribution in [0.5, 0.6) is 0 Å². The molecule has 1 aliphatic rings. The fraction of sp³-hybridized carbons (Fsp3) is 0.222. The van der Waals surface area contributed by atoms with Gasteiger partial charge in [-0.2, -0.15) is 5.10 Å². The first kappa shape index (κ1) is 15.6. The fourth-order valence-corrected chi connectivity index (χ4v) is 3.44. The lowest BCUT2D eigenvalue weighted by Gasteiger charge is -2.21. The van der Waals surface area contributed by atoms with Gasteiger partial charge in [0.25, 0.3) is 0 Å². The second-order valence-electron chi connectivity index (χ2n) is 5.67. The SMILES string of the molecule is CC1(CC(=O)NCc2ccccc2)NN=C(c2ccccc2)S1. The highest BCUT2D eigenvalue weighted by Gasteiger charge is 2.34. The Morgan fingerprint density at radius 3 is 2.48 bits per heavy atom. The van der Waals surface area contributed by atoms with E-state index in [1.807, 2.05) is 67.6 Å². The molecule has 0 saturated heterocycles. The van der Waals surface area contributed by atoms with Crippen molar-refractivity contribution in [2.75, 3.05) is 0 Å². The Hall–Kier alpha value is -2.27. The molecular weight excluding hydrogens is 306 g/mol. The van der Waals surface area contributed by atoms with Crippen LogP contribution in [0.1, 0.15) is 24.5 Å². The predicted octanol–water partition coefficient (Wildman–Crippen LogP) is 3.11. The lowest BCUT2D eigenvalue weighted by Crippen LogP contribution is -2.38. The normalized spacial score (nSPS) is 19.8. The van der Waals surface area contributed by atoms with Crippen molar-refractivity contribution in [3.8, 4) is 0 Å². The van der Waals surface area contributed by atoms with E-state index in [2.05, 4.69) is 15.8 Å². The third-order valence-electron chi connectivity index (χ3n) is 3.57. The number of amides is 1. The Labute approximate surface area is 140 Å². The molecule has 0 aliphatic carbocycles. The highest BCUT2D eigenvalue weighted by Crippen LogP contribution is 2.34. The molecule has 3 rings (SSSR count). The lowest BCUT2D eigenvalue weighted by atomic mass is 10.2. The summed E-state index contributed by atoms with van der Waals surface area (Å²) in [6, 6.07) is 19.9. The zero-order valence-corrected chi connectivity index (χ0v) is 13.8. The molecule has 1 atom stereocenters. The number of carbonyl (C=O) groups excluding carboxylic acids is 1. The largest absolute Gasteiger partial charge is 0.352 e. The molecule has 118 valence electrons. The maximum Gasteiger partial charge on any atom is 0.223 e. The zero-order chi connectivity index (χ0) is 16.1. The van der Waals surface area contributed by atoms with E-state index in [9.17, 15) is 4.79 Å². The van der Waals surface area contributed by atoms with Gasteiger partial charge in [0.05, 0.1) is 6.42 Å². The van der Waals surface area contributed by atoms with Gasteiger partial charge >= 0.3 is 0 Å². The van der Waals surface area contributed by atoms with Crippen LogP contribution in [0.3, 0.4) is 0 Å². The molecule has 5 heteroatoms. The average Bonchev–Trinajstić information content (AvgIpc) is 2.97. The van der Waals surface area contributed by atoms with Crippen LogP contribution < -0.4 is 10.7 Å². The number of carbonyl (C=O) groups is 1. The van der Waals surface area contributed by atoms with Gasteiger partial charge in [-0.25, -0.2) is 0 Å². The van der Waals surface area contributed by atoms with Gasteiger partial charge in [0.2, 0.25) is 5.91 Å².